The number of unbranched alkanes of at least 4 members (excludes halogenated alkanes) is 5. The van der Waals surface area contributed by atoms with Gasteiger partial charge in [-0.2, -0.15) is 0 Å². The molecule has 2 rings (SSSR count). The smallest absolute Gasteiger partial charge is 0.303 e. The molecular weight excluding hydrogens is 594 g/mol. The number of aryl methyl sites for hydroxylation is 1. The van der Waals surface area contributed by atoms with Gasteiger partial charge in [0.15, 0.2) is 0 Å². The predicted molar refractivity (Wildman–Crippen MR) is 188 cm³/mol. The molecule has 0 saturated carbocycles. The summed E-state index contributed by atoms with van der Waals surface area (Å²) in [7, 11) is 0. The van der Waals surface area contributed by atoms with Gasteiger partial charge in [-0.1, -0.05) is 100 Å². The molecule has 2 aromatic carbocycles. The Morgan fingerprint density at radius 3 is 2.23 bits per heavy atom. The number of aliphatic carboxylic acids is 1. The predicted octanol–water partition coefficient (Wildman–Crippen LogP) is 6.24. The molecule has 4 atom stereocenters. The van der Waals surface area contributed by atoms with E-state index in [9.17, 15) is 30.3 Å². The Balaban J connectivity index is 2.43. The highest BCUT2D eigenvalue weighted by molar-refractivity contribution is 5.66. The van der Waals surface area contributed by atoms with Crippen LogP contribution in [0.25, 0.3) is 0 Å². The standard InChI is InChI=1S/C39H59NO7/c1-3-4-8-15-33(42)25-22-32(21-18-30-13-9-7-10-14-30)36(26-35(44)28-41)37(16-11-5-6-12-17-38(45)46)40-29-39(2,47)27-31-19-23-34(43)24-20-31/h7,9-10,13-14,19-20,22-25,33,35,37,40-44,47H,3-6,8,11-12,15-18,21,26-29H2,1-2H3,(H,45,46)/b25-22+,36-32+/t33-,35-,37-,39-/m0/s1. The van der Waals surface area contributed by atoms with Crippen LogP contribution >= 0.6 is 0 Å². The molecule has 0 aliphatic rings. The number of allylic oxidation sites excluding steroid dienone is 2. The van der Waals surface area contributed by atoms with Gasteiger partial charge in [0, 0.05) is 25.4 Å². The molecule has 0 radical (unpaired) electrons. The van der Waals surface area contributed by atoms with E-state index in [-0.39, 0.29) is 37.8 Å². The van der Waals surface area contributed by atoms with Gasteiger partial charge in [0.1, 0.15) is 5.75 Å². The van der Waals surface area contributed by atoms with E-state index in [1.165, 1.54) is 5.56 Å². The molecule has 0 saturated heterocycles. The maximum absolute atomic E-state index is 11.4. The molecular formula is C39H59NO7. The molecule has 0 fully saturated rings. The number of carboxylic acids is 1. The van der Waals surface area contributed by atoms with Crippen molar-refractivity contribution in [2.75, 3.05) is 13.2 Å². The fourth-order valence-electron chi connectivity index (χ4n) is 5.85. The van der Waals surface area contributed by atoms with Crippen LogP contribution in [0.5, 0.6) is 5.75 Å². The van der Waals surface area contributed by atoms with Gasteiger partial charge in [0.2, 0.25) is 0 Å². The highest BCUT2D eigenvalue weighted by Crippen LogP contribution is 2.27. The zero-order chi connectivity index (χ0) is 34.5. The van der Waals surface area contributed by atoms with Gasteiger partial charge in [-0.3, -0.25) is 4.79 Å². The number of carboxylic acid groups (broad SMARTS) is 1. The third kappa shape index (κ3) is 17.6. The van der Waals surface area contributed by atoms with Crippen molar-refractivity contribution >= 4 is 5.97 Å². The van der Waals surface area contributed by atoms with Gasteiger partial charge < -0.3 is 36.0 Å². The van der Waals surface area contributed by atoms with Crippen LogP contribution in [0.1, 0.15) is 102 Å². The number of hydrogen-bond donors (Lipinski definition) is 7. The second-order valence-electron chi connectivity index (χ2n) is 13.1. The van der Waals surface area contributed by atoms with Crippen LogP contribution in [0, 0.1) is 0 Å². The normalized spacial score (nSPS) is 15.6. The van der Waals surface area contributed by atoms with E-state index in [4.69, 9.17) is 5.11 Å². The van der Waals surface area contributed by atoms with Crippen molar-refractivity contribution in [3.05, 3.63) is 89.0 Å². The first-order chi connectivity index (χ1) is 22.5. The average molecular weight is 654 g/mol. The number of hydrogen-bond acceptors (Lipinski definition) is 7. The number of carbonyl (C=O) groups is 1. The van der Waals surface area contributed by atoms with Gasteiger partial charge in [0.05, 0.1) is 24.4 Å². The lowest BCUT2D eigenvalue weighted by atomic mass is 9.87. The first-order valence-corrected chi connectivity index (χ1v) is 17.4. The Bertz CT molecular complexity index is 1190. The number of aliphatic hydroxyl groups is 4. The van der Waals surface area contributed by atoms with Crippen molar-refractivity contribution in [3.8, 4) is 5.75 Å². The van der Waals surface area contributed by atoms with Crippen LogP contribution in [0.15, 0.2) is 77.9 Å². The van der Waals surface area contributed by atoms with Gasteiger partial charge in [0.25, 0.3) is 0 Å². The summed E-state index contributed by atoms with van der Waals surface area (Å²) in [5, 5.41) is 65.2. The SMILES string of the molecule is CCCCC[C@H](O)/C=C/C(CCc1ccccc1)=C(\C[C@H](O)CO)[C@H](CCCCCCC(=O)O)NC[C@@](C)(O)Cc1ccc(O)cc1. The monoisotopic (exact) mass is 653 g/mol. The van der Waals surface area contributed by atoms with E-state index in [1.54, 1.807) is 31.2 Å². The Labute approximate surface area is 281 Å². The van der Waals surface area contributed by atoms with Crippen molar-refractivity contribution in [1.29, 1.82) is 0 Å². The number of aliphatic hydroxyl groups excluding tert-OH is 3. The molecule has 0 spiro atoms. The van der Waals surface area contributed by atoms with Crippen LogP contribution < -0.4 is 5.32 Å². The Morgan fingerprint density at radius 2 is 1.57 bits per heavy atom. The topological polar surface area (TPSA) is 150 Å². The van der Waals surface area contributed by atoms with Gasteiger partial charge >= 0.3 is 5.97 Å². The summed E-state index contributed by atoms with van der Waals surface area (Å²) >= 11 is 0. The molecule has 0 amide bonds. The molecule has 262 valence electrons. The Kier molecular flexibility index (Phi) is 19.3. The Morgan fingerprint density at radius 1 is 0.894 bits per heavy atom. The maximum atomic E-state index is 11.4. The second-order valence-corrected chi connectivity index (χ2v) is 13.1. The number of nitrogens with one attached hydrogen (secondary N) is 1. The molecule has 0 unspecified atom stereocenters. The summed E-state index contributed by atoms with van der Waals surface area (Å²) in [6.45, 7) is 3.77. The zero-order valence-corrected chi connectivity index (χ0v) is 28.5. The van der Waals surface area contributed by atoms with Crippen molar-refractivity contribution < 1.29 is 35.4 Å². The average Bonchev–Trinajstić information content (AvgIpc) is 3.04. The third-order valence-corrected chi connectivity index (χ3v) is 8.53. The number of phenols is 1. The van der Waals surface area contributed by atoms with Gasteiger partial charge in [-0.15, -0.1) is 0 Å². The summed E-state index contributed by atoms with van der Waals surface area (Å²) in [5.74, 6) is -0.630. The van der Waals surface area contributed by atoms with Crippen molar-refractivity contribution in [3.63, 3.8) is 0 Å². The first-order valence-electron chi connectivity index (χ1n) is 17.4. The van der Waals surface area contributed by atoms with Crippen LogP contribution in [0.4, 0.5) is 0 Å². The molecule has 0 aromatic heterocycles. The van der Waals surface area contributed by atoms with E-state index in [0.29, 0.717) is 32.1 Å². The van der Waals surface area contributed by atoms with Crippen molar-refractivity contribution in [2.24, 2.45) is 0 Å². The van der Waals surface area contributed by atoms with E-state index in [0.717, 1.165) is 61.7 Å². The second kappa shape index (κ2) is 22.5. The number of phenolic OH excluding ortho intramolecular Hbond substituents is 1. The van der Waals surface area contributed by atoms with Gasteiger partial charge in [-0.05, 0) is 79.9 Å². The molecule has 0 bridgehead atoms. The number of rotatable bonds is 25. The quantitative estimate of drug-likeness (QED) is 0.0492. The van der Waals surface area contributed by atoms with Crippen LogP contribution in [0.3, 0.4) is 0 Å². The number of aromatic hydroxyl groups is 1. The van der Waals surface area contributed by atoms with Crippen molar-refractivity contribution in [1.82, 2.24) is 5.32 Å². The van der Waals surface area contributed by atoms with E-state index in [1.807, 2.05) is 30.4 Å². The minimum Gasteiger partial charge on any atom is -0.508 e. The molecule has 8 heteroatoms. The summed E-state index contributed by atoms with van der Waals surface area (Å²) in [5.41, 5.74) is 2.86. The molecule has 0 heterocycles. The van der Waals surface area contributed by atoms with Crippen LogP contribution in [-0.2, 0) is 17.6 Å². The summed E-state index contributed by atoms with van der Waals surface area (Å²) in [6, 6.07) is 16.7. The molecule has 7 N–H and O–H groups in total. The largest absolute Gasteiger partial charge is 0.508 e. The minimum absolute atomic E-state index is 0.144. The highest BCUT2D eigenvalue weighted by atomic mass is 16.4. The van der Waals surface area contributed by atoms with E-state index >= 15 is 0 Å². The van der Waals surface area contributed by atoms with Crippen molar-refractivity contribution in [2.45, 2.75) is 128 Å². The minimum atomic E-state index is -1.12. The zero-order valence-electron chi connectivity index (χ0n) is 28.5. The van der Waals surface area contributed by atoms with E-state index in [2.05, 4.69) is 24.4 Å². The number of benzene rings is 2. The lowest BCUT2D eigenvalue weighted by molar-refractivity contribution is -0.137. The lowest BCUT2D eigenvalue weighted by Gasteiger charge is -2.31. The van der Waals surface area contributed by atoms with Gasteiger partial charge in [-0.25, -0.2) is 0 Å². The van der Waals surface area contributed by atoms with Crippen LogP contribution in [0.2, 0.25) is 0 Å². The highest BCUT2D eigenvalue weighted by Gasteiger charge is 2.26. The third-order valence-electron chi connectivity index (χ3n) is 8.53. The molecule has 2 aromatic rings. The molecule has 47 heavy (non-hydrogen) atoms. The Hall–Kier alpha value is -3.01. The van der Waals surface area contributed by atoms with Crippen LogP contribution in [-0.4, -0.2) is 73.6 Å². The summed E-state index contributed by atoms with van der Waals surface area (Å²) < 4.78 is 0. The fourth-order valence-corrected chi connectivity index (χ4v) is 5.85. The molecule has 0 aliphatic heterocycles. The maximum Gasteiger partial charge on any atom is 0.303 e. The fraction of sp³-hybridized carbons (Fsp3) is 0.564. The summed E-state index contributed by atoms with van der Waals surface area (Å²) in [4.78, 5) is 11.0. The first kappa shape index (κ1) is 40.2. The van der Waals surface area contributed by atoms with E-state index < -0.39 is 23.8 Å². The molecule has 8 nitrogen and oxygen atoms in total. The molecule has 0 aliphatic carbocycles. The summed E-state index contributed by atoms with van der Waals surface area (Å²) in [6.07, 6.45) is 11.9. The lowest BCUT2D eigenvalue weighted by Crippen LogP contribution is -2.45.